The van der Waals surface area contributed by atoms with Gasteiger partial charge in [0.15, 0.2) is 0 Å². The highest BCUT2D eigenvalue weighted by Crippen LogP contribution is 2.62. The van der Waals surface area contributed by atoms with Crippen molar-refractivity contribution in [3.05, 3.63) is 0 Å². The second-order valence-corrected chi connectivity index (χ2v) is 10.6. The van der Waals surface area contributed by atoms with E-state index in [9.17, 15) is 123 Å². The number of halogens is 30. The number of rotatable bonds is 16. The summed E-state index contributed by atoms with van der Waals surface area (Å²) in [6, 6.07) is 0. The third kappa shape index (κ3) is 7.41. The standard InChI is InChI=1S/C14F28I2O3/c15-1(16,3(19,20)11(35,36)46-13(39,40)5(23,24)7(27,28)43)9(31,32)45-10(33,34)2(17,18)4(21,22)12(37,38)47-14(41,42)6(25,26)8(29,30)44. The van der Waals surface area contributed by atoms with Crippen LogP contribution in [0.1, 0.15) is 0 Å². The molecule has 0 aromatic rings. The molecular weight excluding hydrogens is 1000 g/mol. The van der Waals surface area contributed by atoms with Crippen molar-refractivity contribution in [1.82, 2.24) is 0 Å². The molecule has 0 spiro atoms. The molecule has 33 heteroatoms. The van der Waals surface area contributed by atoms with Crippen LogP contribution in [0, 0.1) is 0 Å². The van der Waals surface area contributed by atoms with E-state index in [0.717, 1.165) is 14.2 Å². The molecule has 0 rings (SSSR count). The van der Waals surface area contributed by atoms with Gasteiger partial charge in [0, 0.05) is 45.2 Å². The molecule has 0 unspecified atom stereocenters. The van der Waals surface area contributed by atoms with E-state index in [0.29, 0.717) is 0 Å². The molecule has 0 bridgehead atoms. The van der Waals surface area contributed by atoms with E-state index in [1.165, 1.54) is 0 Å². The van der Waals surface area contributed by atoms with Crippen molar-refractivity contribution in [2.24, 2.45) is 0 Å². The molecule has 0 atom stereocenters. The predicted molar refractivity (Wildman–Crippen MR) is 101 cm³/mol. The molecule has 0 aromatic heterocycles. The number of ether oxygens (including phenoxy) is 3. The Bertz CT molecular complexity index is 1030. The van der Waals surface area contributed by atoms with Crippen LogP contribution in [-0.4, -0.2) is 80.0 Å². The largest absolute Gasteiger partial charge is 0.431 e. The van der Waals surface area contributed by atoms with Crippen LogP contribution >= 0.6 is 45.2 Å². The van der Waals surface area contributed by atoms with Crippen LogP contribution in [-0.2, 0) is 14.2 Å². The maximum atomic E-state index is 13.5. The molecule has 3 nitrogen and oxygen atoms in total. The fraction of sp³-hybridized carbons (Fsp3) is 1.00. The first-order chi connectivity index (χ1) is 19.6. The van der Waals surface area contributed by atoms with Crippen molar-refractivity contribution >= 4 is 45.2 Å². The molecule has 0 aliphatic carbocycles. The Hall–Kier alpha value is -0.620. The summed E-state index contributed by atoms with van der Waals surface area (Å²) in [6.45, 7) is 0. The molecule has 0 saturated heterocycles. The first-order valence-electron chi connectivity index (χ1n) is 9.39. The van der Waals surface area contributed by atoms with Crippen LogP contribution in [0.25, 0.3) is 0 Å². The van der Waals surface area contributed by atoms with E-state index in [2.05, 4.69) is 0 Å². The van der Waals surface area contributed by atoms with Crippen LogP contribution in [0.15, 0.2) is 0 Å². The van der Waals surface area contributed by atoms with Crippen LogP contribution in [0.3, 0.4) is 0 Å². The van der Waals surface area contributed by atoms with Crippen molar-refractivity contribution in [2.45, 2.75) is 80.0 Å². The molecule has 0 aliphatic rings. The van der Waals surface area contributed by atoms with Gasteiger partial charge in [0.05, 0.1) is 0 Å². The van der Waals surface area contributed by atoms with Gasteiger partial charge in [0.2, 0.25) is 0 Å². The number of hydrogen-bond acceptors (Lipinski definition) is 3. The lowest BCUT2D eigenvalue weighted by molar-refractivity contribution is -0.551. The second-order valence-electron chi connectivity index (χ2n) is 7.85. The van der Waals surface area contributed by atoms with Gasteiger partial charge >= 0.3 is 80.0 Å². The van der Waals surface area contributed by atoms with Gasteiger partial charge < -0.3 is 0 Å². The Kier molecular flexibility index (Phi) is 11.8. The van der Waals surface area contributed by atoms with Gasteiger partial charge in [-0.2, -0.15) is 123 Å². The smallest absolute Gasteiger partial charge is 0.245 e. The topological polar surface area (TPSA) is 27.7 Å². The fourth-order valence-corrected chi connectivity index (χ4v) is 2.56. The predicted octanol–water partition coefficient (Wildman–Crippen LogP) is 10.5. The highest BCUT2D eigenvalue weighted by Gasteiger charge is 2.91. The molecule has 0 aromatic carbocycles. The quantitative estimate of drug-likeness (QED) is 0.0876. The summed E-state index contributed by atoms with van der Waals surface area (Å²) < 4.78 is 360. The molecule has 0 amide bonds. The van der Waals surface area contributed by atoms with Crippen molar-refractivity contribution in [3.63, 3.8) is 0 Å². The average Bonchev–Trinajstić information content (AvgIpc) is 2.74. The Labute approximate surface area is 262 Å². The molecule has 0 heterocycles. The lowest BCUT2D eigenvalue weighted by atomic mass is 10.1. The Morgan fingerprint density at radius 2 is 0.319 bits per heavy atom. The van der Waals surface area contributed by atoms with E-state index >= 15 is 0 Å². The highest BCUT2D eigenvalue weighted by atomic mass is 127. The monoisotopic (exact) mass is 1000 g/mol. The molecule has 284 valence electrons. The van der Waals surface area contributed by atoms with Crippen LogP contribution < -0.4 is 0 Å². The van der Waals surface area contributed by atoms with E-state index in [-0.39, 0.29) is 0 Å². The zero-order chi connectivity index (χ0) is 39.1. The van der Waals surface area contributed by atoms with Gasteiger partial charge in [-0.05, 0) is 0 Å². The molecule has 0 saturated carbocycles. The van der Waals surface area contributed by atoms with Crippen molar-refractivity contribution in [3.8, 4) is 0 Å². The summed E-state index contributed by atoms with van der Waals surface area (Å²) in [7, 11) is 0. The van der Waals surface area contributed by atoms with Crippen LogP contribution in [0.4, 0.5) is 123 Å². The zero-order valence-electron chi connectivity index (χ0n) is 19.6. The van der Waals surface area contributed by atoms with Gasteiger partial charge in [0.25, 0.3) is 0 Å². The van der Waals surface area contributed by atoms with Crippen LogP contribution in [0.5, 0.6) is 0 Å². The second kappa shape index (κ2) is 12.0. The van der Waals surface area contributed by atoms with E-state index in [1.807, 2.05) is 0 Å². The molecular formula is C14F28I2O3. The summed E-state index contributed by atoms with van der Waals surface area (Å²) >= 11 is -2.12. The minimum Gasteiger partial charge on any atom is -0.245 e. The summed E-state index contributed by atoms with van der Waals surface area (Å²) in [4.78, 5) is 0. The van der Waals surface area contributed by atoms with Gasteiger partial charge in [-0.15, -0.1) is 0 Å². The Balaban J connectivity index is 6.81. The molecule has 0 radical (unpaired) electrons. The van der Waals surface area contributed by atoms with Gasteiger partial charge in [-0.3, -0.25) is 0 Å². The Morgan fingerprint density at radius 1 is 0.213 bits per heavy atom. The third-order valence-corrected chi connectivity index (χ3v) is 5.82. The maximum absolute atomic E-state index is 13.5. The van der Waals surface area contributed by atoms with Gasteiger partial charge in [-0.25, -0.2) is 14.2 Å². The highest BCUT2D eigenvalue weighted by molar-refractivity contribution is 14.1. The van der Waals surface area contributed by atoms with Gasteiger partial charge in [-0.1, -0.05) is 0 Å². The summed E-state index contributed by atoms with van der Waals surface area (Å²) in [6.07, 6.45) is -50.4. The minimum atomic E-state index is -9.02. The fourth-order valence-electron chi connectivity index (χ4n) is 1.93. The number of hydrogen-bond donors (Lipinski definition) is 0. The van der Waals surface area contributed by atoms with E-state index < -0.39 is 125 Å². The lowest BCUT2D eigenvalue weighted by Crippen LogP contribution is -2.70. The van der Waals surface area contributed by atoms with Crippen molar-refractivity contribution in [2.75, 3.05) is 0 Å². The molecule has 0 aliphatic heterocycles. The lowest BCUT2D eigenvalue weighted by Gasteiger charge is -2.41. The summed E-state index contributed by atoms with van der Waals surface area (Å²) in [5.74, 6) is -50.9. The molecule has 0 N–H and O–H groups in total. The van der Waals surface area contributed by atoms with Gasteiger partial charge in [0.1, 0.15) is 0 Å². The van der Waals surface area contributed by atoms with E-state index in [1.54, 1.807) is 0 Å². The SMILES string of the molecule is FC(F)(I)C(F)(F)C(F)(F)OC(F)(F)C(F)(F)C(F)(F)C(F)(F)OC(F)(F)C(F)(F)C(F)(F)C(F)(F)OC(F)(F)C(F)(F)C(F)(F)I. The Morgan fingerprint density at radius 3 is 0.426 bits per heavy atom. The van der Waals surface area contributed by atoms with Crippen molar-refractivity contribution in [1.29, 1.82) is 0 Å². The zero-order valence-corrected chi connectivity index (χ0v) is 23.9. The average molecular weight is 1000 g/mol. The first kappa shape index (κ1) is 46.4. The summed E-state index contributed by atoms with van der Waals surface area (Å²) in [5.41, 5.74) is 0. The molecule has 0 fully saturated rings. The van der Waals surface area contributed by atoms with Crippen molar-refractivity contribution < 1.29 is 137 Å². The van der Waals surface area contributed by atoms with E-state index in [4.69, 9.17) is 0 Å². The summed E-state index contributed by atoms with van der Waals surface area (Å²) in [5, 5.41) is 0. The first-order valence-corrected chi connectivity index (χ1v) is 11.6. The minimum absolute atomic E-state index is 0.803. The number of alkyl halides is 30. The molecule has 47 heavy (non-hydrogen) atoms. The maximum Gasteiger partial charge on any atom is 0.431 e. The third-order valence-electron chi connectivity index (χ3n) is 4.46. The van der Waals surface area contributed by atoms with Crippen LogP contribution in [0.2, 0.25) is 0 Å². The normalized spacial score (nSPS) is 17.0.